The summed E-state index contributed by atoms with van der Waals surface area (Å²) in [6.45, 7) is 3.23. The maximum absolute atomic E-state index is 4.45. The first kappa shape index (κ1) is 10.6. The molecule has 0 radical (unpaired) electrons. The van der Waals surface area contributed by atoms with Crippen LogP contribution in [0.15, 0.2) is 0 Å². The Bertz CT molecular complexity index is 287. The fourth-order valence-corrected chi connectivity index (χ4v) is 2.09. The van der Waals surface area contributed by atoms with Gasteiger partial charge in [-0.2, -0.15) is 5.10 Å². The summed E-state index contributed by atoms with van der Waals surface area (Å²) >= 11 is 0. The molecule has 0 aromatic carbocycles. The summed E-state index contributed by atoms with van der Waals surface area (Å²) in [6.07, 6.45) is 7.18. The fraction of sp³-hybridized carbons (Fsp3) is 0.818. The highest BCUT2D eigenvalue weighted by Crippen LogP contribution is 2.11. The Hall–Kier alpha value is -0.900. The van der Waals surface area contributed by atoms with Crippen LogP contribution in [0.25, 0.3) is 0 Å². The van der Waals surface area contributed by atoms with Gasteiger partial charge in [-0.15, -0.1) is 0 Å². The molecule has 0 spiro atoms. The van der Waals surface area contributed by atoms with Crippen LogP contribution in [0.4, 0.5) is 0 Å². The summed E-state index contributed by atoms with van der Waals surface area (Å²) in [5.74, 6) is 1.96. The van der Waals surface area contributed by atoms with E-state index in [4.69, 9.17) is 0 Å². The standard InChI is InChI=1S/C11H20N4/c1-2-10-13-11(15-14-10)8-9-6-4-3-5-7-12-9/h9,12H,2-8H2,1H3,(H,13,14,15). The van der Waals surface area contributed by atoms with Gasteiger partial charge in [0.05, 0.1) is 0 Å². The summed E-state index contributed by atoms with van der Waals surface area (Å²) in [7, 11) is 0. The van der Waals surface area contributed by atoms with Crippen molar-refractivity contribution in [3.63, 3.8) is 0 Å². The lowest BCUT2D eigenvalue weighted by molar-refractivity contribution is 0.498. The van der Waals surface area contributed by atoms with Gasteiger partial charge in [-0.3, -0.25) is 5.10 Å². The van der Waals surface area contributed by atoms with Gasteiger partial charge in [-0.25, -0.2) is 4.98 Å². The summed E-state index contributed by atoms with van der Waals surface area (Å²) in [5, 5.41) is 10.8. The smallest absolute Gasteiger partial charge is 0.150 e. The molecular formula is C11H20N4. The first-order valence-corrected chi connectivity index (χ1v) is 6.02. The molecule has 2 rings (SSSR count). The Morgan fingerprint density at radius 1 is 1.33 bits per heavy atom. The zero-order valence-corrected chi connectivity index (χ0v) is 9.42. The highest BCUT2D eigenvalue weighted by atomic mass is 15.2. The number of aryl methyl sites for hydroxylation is 1. The number of aromatic nitrogens is 3. The van der Waals surface area contributed by atoms with Gasteiger partial charge in [-0.1, -0.05) is 19.8 Å². The quantitative estimate of drug-likeness (QED) is 0.790. The van der Waals surface area contributed by atoms with Crippen LogP contribution in [0, 0.1) is 0 Å². The minimum Gasteiger partial charge on any atom is -0.314 e. The summed E-state index contributed by atoms with van der Waals surface area (Å²) < 4.78 is 0. The minimum atomic E-state index is 0.588. The SMILES string of the molecule is CCc1n[nH]c(CC2CCCCCN2)n1. The van der Waals surface area contributed by atoms with Crippen LogP contribution >= 0.6 is 0 Å². The second kappa shape index (κ2) is 5.26. The number of aromatic amines is 1. The number of H-pyrrole nitrogens is 1. The van der Waals surface area contributed by atoms with Crippen molar-refractivity contribution in [2.24, 2.45) is 0 Å². The van der Waals surface area contributed by atoms with Crippen LogP contribution in [-0.4, -0.2) is 27.8 Å². The highest BCUT2D eigenvalue weighted by Gasteiger charge is 2.13. The normalized spacial score (nSPS) is 22.6. The lowest BCUT2D eigenvalue weighted by Crippen LogP contribution is -2.30. The third kappa shape index (κ3) is 3.02. The number of hydrogen-bond acceptors (Lipinski definition) is 3. The Kier molecular flexibility index (Phi) is 3.72. The van der Waals surface area contributed by atoms with Crippen molar-refractivity contribution in [1.29, 1.82) is 0 Å². The highest BCUT2D eigenvalue weighted by molar-refractivity contribution is 4.93. The topological polar surface area (TPSA) is 53.6 Å². The molecule has 0 aliphatic carbocycles. The van der Waals surface area contributed by atoms with E-state index in [0.717, 1.165) is 31.0 Å². The molecule has 1 aliphatic rings. The van der Waals surface area contributed by atoms with E-state index < -0.39 is 0 Å². The van der Waals surface area contributed by atoms with Gasteiger partial charge < -0.3 is 5.32 Å². The molecule has 0 bridgehead atoms. The first-order chi connectivity index (χ1) is 7.38. The molecule has 84 valence electrons. The molecule has 1 fully saturated rings. The van der Waals surface area contributed by atoms with Crippen LogP contribution in [0.1, 0.15) is 44.3 Å². The Labute approximate surface area is 90.9 Å². The summed E-state index contributed by atoms with van der Waals surface area (Å²) in [4.78, 5) is 4.45. The summed E-state index contributed by atoms with van der Waals surface area (Å²) in [6, 6.07) is 0.588. The summed E-state index contributed by atoms with van der Waals surface area (Å²) in [5.41, 5.74) is 0. The maximum Gasteiger partial charge on any atom is 0.150 e. The van der Waals surface area contributed by atoms with Gasteiger partial charge in [0.25, 0.3) is 0 Å². The lowest BCUT2D eigenvalue weighted by Gasteiger charge is -2.13. The van der Waals surface area contributed by atoms with E-state index in [2.05, 4.69) is 27.4 Å². The van der Waals surface area contributed by atoms with E-state index in [1.54, 1.807) is 0 Å². The van der Waals surface area contributed by atoms with Crippen LogP contribution in [0.5, 0.6) is 0 Å². The molecule has 2 heterocycles. The van der Waals surface area contributed by atoms with E-state index in [9.17, 15) is 0 Å². The number of rotatable bonds is 3. The van der Waals surface area contributed by atoms with Gasteiger partial charge in [0, 0.05) is 18.9 Å². The molecule has 15 heavy (non-hydrogen) atoms. The third-order valence-electron chi connectivity index (χ3n) is 3.00. The molecule has 4 nitrogen and oxygen atoms in total. The van der Waals surface area contributed by atoms with Crippen LogP contribution in [0.2, 0.25) is 0 Å². The van der Waals surface area contributed by atoms with Crippen molar-refractivity contribution in [2.45, 2.75) is 51.5 Å². The predicted octanol–water partition coefficient (Wildman–Crippen LogP) is 1.44. The van der Waals surface area contributed by atoms with Crippen molar-refractivity contribution in [3.8, 4) is 0 Å². The second-order valence-corrected chi connectivity index (χ2v) is 4.26. The van der Waals surface area contributed by atoms with Crippen LogP contribution in [-0.2, 0) is 12.8 Å². The fourth-order valence-electron chi connectivity index (χ4n) is 2.09. The number of nitrogens with one attached hydrogen (secondary N) is 2. The van der Waals surface area contributed by atoms with E-state index in [1.165, 1.54) is 25.7 Å². The lowest BCUT2D eigenvalue weighted by atomic mass is 10.1. The predicted molar refractivity (Wildman–Crippen MR) is 59.7 cm³/mol. The molecule has 1 saturated heterocycles. The molecule has 1 aromatic heterocycles. The third-order valence-corrected chi connectivity index (χ3v) is 3.00. The molecule has 4 heteroatoms. The zero-order chi connectivity index (χ0) is 10.5. The van der Waals surface area contributed by atoms with Crippen molar-refractivity contribution < 1.29 is 0 Å². The molecule has 0 saturated carbocycles. The van der Waals surface area contributed by atoms with E-state index >= 15 is 0 Å². The zero-order valence-electron chi connectivity index (χ0n) is 9.42. The molecule has 0 amide bonds. The number of nitrogens with zero attached hydrogens (tertiary/aromatic N) is 2. The van der Waals surface area contributed by atoms with Gasteiger partial charge in [-0.05, 0) is 19.4 Å². The van der Waals surface area contributed by atoms with Crippen molar-refractivity contribution in [3.05, 3.63) is 11.6 Å². The molecule has 1 aromatic rings. The van der Waals surface area contributed by atoms with Gasteiger partial charge >= 0.3 is 0 Å². The average Bonchev–Trinajstić information content (AvgIpc) is 2.54. The molecule has 1 unspecified atom stereocenters. The largest absolute Gasteiger partial charge is 0.314 e. The average molecular weight is 208 g/mol. The van der Waals surface area contributed by atoms with Crippen molar-refractivity contribution in [1.82, 2.24) is 20.5 Å². The van der Waals surface area contributed by atoms with Crippen LogP contribution < -0.4 is 5.32 Å². The first-order valence-electron chi connectivity index (χ1n) is 6.02. The van der Waals surface area contributed by atoms with Gasteiger partial charge in [0.2, 0.25) is 0 Å². The Morgan fingerprint density at radius 3 is 3.07 bits per heavy atom. The van der Waals surface area contributed by atoms with E-state index in [0.29, 0.717) is 6.04 Å². The van der Waals surface area contributed by atoms with E-state index in [1.807, 2.05) is 0 Å². The van der Waals surface area contributed by atoms with Gasteiger partial charge in [0.1, 0.15) is 11.6 Å². The van der Waals surface area contributed by atoms with Crippen molar-refractivity contribution >= 4 is 0 Å². The monoisotopic (exact) mass is 208 g/mol. The Balaban J connectivity index is 1.89. The van der Waals surface area contributed by atoms with E-state index in [-0.39, 0.29) is 0 Å². The minimum absolute atomic E-state index is 0.588. The van der Waals surface area contributed by atoms with Crippen molar-refractivity contribution in [2.75, 3.05) is 6.54 Å². The van der Waals surface area contributed by atoms with Crippen LogP contribution in [0.3, 0.4) is 0 Å². The molecule has 1 atom stereocenters. The molecular weight excluding hydrogens is 188 g/mol. The second-order valence-electron chi connectivity index (χ2n) is 4.26. The molecule has 2 N–H and O–H groups in total. The maximum atomic E-state index is 4.45. The number of hydrogen-bond donors (Lipinski definition) is 2. The Morgan fingerprint density at radius 2 is 2.27 bits per heavy atom. The van der Waals surface area contributed by atoms with Gasteiger partial charge in [0.15, 0.2) is 0 Å². The molecule has 1 aliphatic heterocycles.